The van der Waals surface area contributed by atoms with Gasteiger partial charge in [-0.25, -0.2) is 0 Å². The molecule has 3 N–H and O–H groups in total. The average molecular weight is 424 g/mol. The Morgan fingerprint density at radius 3 is 2.83 bits per heavy atom. The lowest BCUT2D eigenvalue weighted by Crippen LogP contribution is -2.59. The number of fused-ring (bicyclic) bond motifs is 1. The molecule has 2 aliphatic rings. The Balaban J connectivity index is 1.63. The monoisotopic (exact) mass is 423 g/mol. The molecular formula is C23H26ClN5O. The molecule has 30 heavy (non-hydrogen) atoms. The van der Waals surface area contributed by atoms with Gasteiger partial charge in [0.2, 0.25) is 0 Å². The average Bonchev–Trinajstić information content (AvgIpc) is 2.77. The lowest BCUT2D eigenvalue weighted by atomic mass is 10.0. The third kappa shape index (κ3) is 4.50. The minimum absolute atomic E-state index is 0.208. The summed E-state index contributed by atoms with van der Waals surface area (Å²) in [5, 5.41) is 15.0. The summed E-state index contributed by atoms with van der Waals surface area (Å²) in [6, 6.07) is 17.7. The minimum atomic E-state index is -0.208. The number of carbonyl (C=O) groups is 1. The van der Waals surface area contributed by atoms with Gasteiger partial charge < -0.3 is 25.8 Å². The molecule has 6 nitrogen and oxygen atoms in total. The first-order valence-electron chi connectivity index (χ1n) is 10.2. The molecule has 1 amide bonds. The van der Waals surface area contributed by atoms with E-state index in [0.29, 0.717) is 28.6 Å². The van der Waals surface area contributed by atoms with Crippen LogP contribution in [0.3, 0.4) is 0 Å². The summed E-state index contributed by atoms with van der Waals surface area (Å²) < 4.78 is 0. The lowest BCUT2D eigenvalue weighted by Gasteiger charge is -2.47. The second-order valence-electron chi connectivity index (χ2n) is 7.58. The molecule has 1 atom stereocenters. The molecule has 1 saturated heterocycles. The molecule has 0 spiro atoms. The molecule has 2 aliphatic heterocycles. The maximum absolute atomic E-state index is 13.3. The van der Waals surface area contributed by atoms with Gasteiger partial charge in [-0.2, -0.15) is 0 Å². The number of rotatable bonds is 6. The van der Waals surface area contributed by atoms with Gasteiger partial charge in [-0.1, -0.05) is 48.0 Å². The van der Waals surface area contributed by atoms with E-state index in [2.05, 4.69) is 32.6 Å². The van der Waals surface area contributed by atoms with Crippen molar-refractivity contribution in [3.8, 4) is 0 Å². The van der Waals surface area contributed by atoms with Crippen molar-refractivity contribution in [3.05, 3.63) is 76.6 Å². The molecule has 0 saturated carbocycles. The van der Waals surface area contributed by atoms with Crippen LogP contribution in [0.5, 0.6) is 0 Å². The van der Waals surface area contributed by atoms with Crippen molar-refractivity contribution in [2.24, 2.45) is 0 Å². The van der Waals surface area contributed by atoms with Crippen LogP contribution in [0.25, 0.3) is 0 Å². The van der Waals surface area contributed by atoms with E-state index in [1.165, 1.54) is 11.8 Å². The third-order valence-electron chi connectivity index (χ3n) is 5.60. The van der Waals surface area contributed by atoms with Crippen LogP contribution >= 0.6 is 11.6 Å². The van der Waals surface area contributed by atoms with Crippen molar-refractivity contribution in [2.75, 3.05) is 38.0 Å². The maximum atomic E-state index is 13.3. The van der Waals surface area contributed by atoms with E-state index < -0.39 is 0 Å². The molecule has 1 fully saturated rings. The smallest absolute Gasteiger partial charge is 0.274 e. The van der Waals surface area contributed by atoms with Crippen LogP contribution in [0.15, 0.2) is 66.0 Å². The van der Waals surface area contributed by atoms with Crippen molar-refractivity contribution >= 4 is 29.4 Å². The first kappa shape index (κ1) is 20.4. The van der Waals surface area contributed by atoms with Gasteiger partial charge in [-0.05, 0) is 30.2 Å². The predicted molar refractivity (Wildman–Crippen MR) is 121 cm³/mol. The number of anilines is 1. The Morgan fingerprint density at radius 2 is 2.07 bits per heavy atom. The summed E-state index contributed by atoms with van der Waals surface area (Å²) in [5.74, 6) is -0.208. The Bertz CT molecular complexity index is 946. The molecule has 0 aromatic heterocycles. The second-order valence-corrected chi connectivity index (χ2v) is 8.01. The van der Waals surface area contributed by atoms with E-state index >= 15 is 0 Å². The largest absolute Gasteiger partial charge is 0.363 e. The number of hydrogen-bond donors (Lipinski definition) is 3. The molecule has 2 aromatic rings. The van der Waals surface area contributed by atoms with E-state index in [9.17, 15) is 4.79 Å². The zero-order valence-electron chi connectivity index (χ0n) is 16.8. The van der Waals surface area contributed by atoms with Crippen LogP contribution in [0, 0.1) is 5.41 Å². The molecule has 1 unspecified atom stereocenters. The standard InChI is InChI=1S/C23H26ClN5O/c24-18-7-4-8-19(13-18)27-23(30)22-21(14-25)29-12-10-26-15-20(29)16-28(22)11-9-17-5-2-1-3-6-17/h1-8,13-14,20,25-26H,9-12,15-16H2,(H,27,30). The normalized spacial score (nSPS) is 18.8. The maximum Gasteiger partial charge on any atom is 0.274 e. The van der Waals surface area contributed by atoms with Gasteiger partial charge in [0.1, 0.15) is 5.70 Å². The summed E-state index contributed by atoms with van der Waals surface area (Å²) in [6.45, 7) is 3.94. The van der Waals surface area contributed by atoms with Gasteiger partial charge in [0.15, 0.2) is 0 Å². The first-order chi connectivity index (χ1) is 14.7. The van der Waals surface area contributed by atoms with Crippen molar-refractivity contribution < 1.29 is 4.79 Å². The highest BCUT2D eigenvalue weighted by atomic mass is 35.5. The molecule has 2 aromatic carbocycles. The van der Waals surface area contributed by atoms with Gasteiger partial charge in [0.05, 0.1) is 11.7 Å². The van der Waals surface area contributed by atoms with Crippen LogP contribution in [0.4, 0.5) is 5.69 Å². The van der Waals surface area contributed by atoms with Crippen LogP contribution < -0.4 is 10.6 Å². The predicted octanol–water partition coefficient (Wildman–Crippen LogP) is 2.97. The number of halogens is 1. The number of allylic oxidation sites excluding steroid dienone is 1. The number of carbonyl (C=O) groups excluding carboxylic acids is 1. The van der Waals surface area contributed by atoms with Gasteiger partial charge in [0.25, 0.3) is 5.91 Å². The van der Waals surface area contributed by atoms with Crippen molar-refractivity contribution in [1.82, 2.24) is 15.1 Å². The summed E-state index contributed by atoms with van der Waals surface area (Å²) >= 11 is 6.08. The fourth-order valence-electron chi connectivity index (χ4n) is 4.16. The summed E-state index contributed by atoms with van der Waals surface area (Å²) in [6.07, 6.45) is 2.15. The molecule has 4 rings (SSSR count). The van der Waals surface area contributed by atoms with E-state index in [-0.39, 0.29) is 11.9 Å². The van der Waals surface area contributed by atoms with E-state index in [0.717, 1.165) is 32.6 Å². The molecule has 0 bridgehead atoms. The van der Waals surface area contributed by atoms with Crippen LogP contribution in [0.1, 0.15) is 5.56 Å². The highest BCUT2D eigenvalue weighted by Gasteiger charge is 2.36. The number of piperazine rings is 1. The van der Waals surface area contributed by atoms with Crippen LogP contribution in [-0.4, -0.2) is 60.7 Å². The number of nitrogens with zero attached hydrogens (tertiary/aromatic N) is 2. The molecule has 0 radical (unpaired) electrons. The summed E-state index contributed by atoms with van der Waals surface area (Å²) in [4.78, 5) is 17.7. The van der Waals surface area contributed by atoms with Crippen molar-refractivity contribution in [2.45, 2.75) is 12.5 Å². The summed E-state index contributed by atoms with van der Waals surface area (Å²) in [7, 11) is 0. The topological polar surface area (TPSA) is 71.5 Å². The minimum Gasteiger partial charge on any atom is -0.363 e. The van der Waals surface area contributed by atoms with Crippen LogP contribution in [-0.2, 0) is 11.2 Å². The molecule has 156 valence electrons. The Hall–Kier alpha value is -2.83. The first-order valence-corrected chi connectivity index (χ1v) is 10.6. The van der Waals surface area contributed by atoms with Gasteiger partial charge >= 0.3 is 0 Å². The van der Waals surface area contributed by atoms with Crippen molar-refractivity contribution in [1.29, 1.82) is 5.41 Å². The fraction of sp³-hybridized carbons (Fsp3) is 0.304. The second kappa shape index (κ2) is 9.32. The van der Waals surface area contributed by atoms with E-state index in [1.807, 2.05) is 30.3 Å². The van der Waals surface area contributed by atoms with Gasteiger partial charge in [0, 0.05) is 49.6 Å². The lowest BCUT2D eigenvalue weighted by molar-refractivity contribution is -0.115. The number of hydrogen-bond acceptors (Lipinski definition) is 5. The fourth-order valence-corrected chi connectivity index (χ4v) is 4.35. The number of nitrogens with one attached hydrogen (secondary N) is 3. The molecule has 7 heteroatoms. The van der Waals surface area contributed by atoms with E-state index in [1.54, 1.807) is 12.1 Å². The summed E-state index contributed by atoms with van der Waals surface area (Å²) in [5.41, 5.74) is 3.11. The Kier molecular flexibility index (Phi) is 6.35. The van der Waals surface area contributed by atoms with Crippen molar-refractivity contribution in [3.63, 3.8) is 0 Å². The zero-order valence-corrected chi connectivity index (χ0v) is 17.5. The number of amides is 1. The molecule has 2 heterocycles. The van der Waals surface area contributed by atoms with Gasteiger partial charge in [-0.15, -0.1) is 0 Å². The number of benzene rings is 2. The highest BCUT2D eigenvalue weighted by Crippen LogP contribution is 2.26. The molecule has 0 aliphatic carbocycles. The van der Waals surface area contributed by atoms with E-state index in [4.69, 9.17) is 17.0 Å². The Morgan fingerprint density at radius 1 is 1.23 bits per heavy atom. The highest BCUT2D eigenvalue weighted by molar-refractivity contribution is 6.31. The quantitative estimate of drug-likeness (QED) is 0.625. The molecular weight excluding hydrogens is 398 g/mol. The van der Waals surface area contributed by atoms with Crippen LogP contribution in [0.2, 0.25) is 5.02 Å². The zero-order chi connectivity index (χ0) is 20.9. The van der Waals surface area contributed by atoms with Gasteiger partial charge in [-0.3, -0.25) is 4.79 Å². The SMILES string of the molecule is N=CC1=C(C(=O)Nc2cccc(Cl)c2)N(CCc2ccccc2)CC2CNCCN12. The third-order valence-corrected chi connectivity index (χ3v) is 5.83. The Labute approximate surface area is 182 Å².